The fourth-order valence-corrected chi connectivity index (χ4v) is 7.12. The summed E-state index contributed by atoms with van der Waals surface area (Å²) in [4.78, 5) is 39.5. The number of Topliss-reactive ketones (excluding diaryl/α,β-unsaturated/α-hetero) is 1. The van der Waals surface area contributed by atoms with Crippen molar-refractivity contribution in [2.45, 2.75) is 55.9 Å². The second kappa shape index (κ2) is 15.8. The van der Waals surface area contributed by atoms with Gasteiger partial charge in [0.2, 0.25) is 17.5 Å². The van der Waals surface area contributed by atoms with Gasteiger partial charge in [-0.25, -0.2) is 4.98 Å². The number of ketones is 1. The Balaban J connectivity index is 1.33. The van der Waals surface area contributed by atoms with Crippen molar-refractivity contribution in [2.24, 2.45) is 0 Å². The molecule has 1 aliphatic heterocycles. The van der Waals surface area contributed by atoms with Gasteiger partial charge in [-0.3, -0.25) is 19.1 Å². The molecule has 2 aromatic heterocycles. The van der Waals surface area contributed by atoms with E-state index >= 15 is 0 Å². The van der Waals surface area contributed by atoms with Crippen LogP contribution in [0.5, 0.6) is 17.2 Å². The maximum atomic E-state index is 14.6. The highest BCUT2D eigenvalue weighted by Gasteiger charge is 2.61. The first-order valence-electron chi connectivity index (χ1n) is 18.4. The number of fused-ring (bicyclic) bond motifs is 1. The average molecular weight is 776 g/mol. The van der Waals surface area contributed by atoms with Crippen molar-refractivity contribution in [2.75, 3.05) is 32.8 Å². The molecule has 3 heterocycles. The van der Waals surface area contributed by atoms with Crippen molar-refractivity contribution >= 4 is 22.9 Å². The molecule has 14 nitrogen and oxygen atoms in total. The van der Waals surface area contributed by atoms with Crippen LogP contribution < -0.4 is 25.1 Å². The Morgan fingerprint density at radius 1 is 0.842 bits per heavy atom. The summed E-state index contributed by atoms with van der Waals surface area (Å²) in [6, 6.07) is 33.0. The lowest BCUT2D eigenvalue weighted by molar-refractivity contribution is -0.179. The molecule has 1 saturated heterocycles. The topological polar surface area (TPSA) is 179 Å². The monoisotopic (exact) mass is 775 g/mol. The van der Waals surface area contributed by atoms with E-state index in [9.17, 15) is 19.8 Å². The van der Waals surface area contributed by atoms with E-state index in [1.165, 1.54) is 10.9 Å². The Morgan fingerprint density at radius 3 is 1.96 bits per heavy atom. The predicted octanol–water partition coefficient (Wildman–Crippen LogP) is 4.78. The number of benzene rings is 4. The minimum Gasteiger partial charge on any atom is -0.497 e. The fourth-order valence-electron chi connectivity index (χ4n) is 7.12. The number of methoxy groups -OCH3 is 2. The molecule has 4 atom stereocenters. The third-order valence-corrected chi connectivity index (χ3v) is 9.84. The van der Waals surface area contributed by atoms with Crippen molar-refractivity contribution < 1.29 is 38.7 Å². The largest absolute Gasteiger partial charge is 0.497 e. The molecule has 6 aromatic rings. The lowest BCUT2D eigenvalue weighted by Crippen LogP contribution is -2.53. The number of hydrogen-bond donors (Lipinski definition) is 4. The lowest BCUT2D eigenvalue weighted by Gasteiger charge is -2.37. The van der Waals surface area contributed by atoms with Gasteiger partial charge in [0.25, 0.3) is 5.56 Å². The van der Waals surface area contributed by atoms with Crippen LogP contribution in [0.3, 0.4) is 0 Å². The van der Waals surface area contributed by atoms with Crippen LogP contribution in [0.25, 0.3) is 11.2 Å². The van der Waals surface area contributed by atoms with Crippen LogP contribution in [0.1, 0.15) is 37.5 Å². The van der Waals surface area contributed by atoms with Gasteiger partial charge in [-0.05, 0) is 73.9 Å². The van der Waals surface area contributed by atoms with Crippen molar-refractivity contribution in [1.82, 2.24) is 19.5 Å². The number of aromatic nitrogens is 4. The number of nitrogens with one attached hydrogen (secondary N) is 2. The molecule has 296 valence electrons. The number of carbonyl (C=O) groups is 1. The highest BCUT2D eigenvalue weighted by Crippen LogP contribution is 2.44. The third-order valence-electron chi connectivity index (χ3n) is 9.84. The number of rotatable bonds is 14. The van der Waals surface area contributed by atoms with Crippen LogP contribution in [0.2, 0.25) is 0 Å². The number of H-pyrrole nitrogens is 1. The summed E-state index contributed by atoms with van der Waals surface area (Å²) in [6.07, 6.45) is -3.70. The van der Waals surface area contributed by atoms with Gasteiger partial charge in [-0.1, -0.05) is 72.8 Å². The number of ether oxygens (including phenoxy) is 5. The zero-order valence-corrected chi connectivity index (χ0v) is 32.2. The first-order valence-corrected chi connectivity index (χ1v) is 18.4. The third kappa shape index (κ3) is 7.47. The number of imidazole rings is 1. The summed E-state index contributed by atoms with van der Waals surface area (Å²) in [6.45, 7) is 4.75. The summed E-state index contributed by atoms with van der Waals surface area (Å²) in [5, 5.41) is 27.1. The van der Waals surface area contributed by atoms with Gasteiger partial charge in [-0.2, -0.15) is 4.98 Å². The number of hydrogen-bond acceptors (Lipinski definition) is 12. The first-order chi connectivity index (χ1) is 27.4. The van der Waals surface area contributed by atoms with Gasteiger partial charge in [0.1, 0.15) is 47.5 Å². The minimum atomic E-state index is -2.37. The summed E-state index contributed by atoms with van der Waals surface area (Å²) in [5.41, 5.74) is -2.78. The highest BCUT2D eigenvalue weighted by atomic mass is 16.6. The van der Waals surface area contributed by atoms with E-state index < -0.39 is 53.1 Å². The SMILES string of the molecule is COc1ccc(C(OC[C@H]2O[C@@](C(=O)COc3ccccc3)(n3cnc4c(=O)[nH]c(NC(C)(C)C)nc43)[C@H](O)[C@@H]2O)(c2ccccc2)c2ccc(OC)cc2)cc1. The minimum absolute atomic E-state index is 0.0681. The average Bonchev–Trinajstić information content (AvgIpc) is 3.76. The van der Waals surface area contributed by atoms with Gasteiger partial charge in [-0.15, -0.1) is 0 Å². The van der Waals surface area contributed by atoms with E-state index in [-0.39, 0.29) is 23.7 Å². The summed E-state index contributed by atoms with van der Waals surface area (Å²) < 4.78 is 31.6. The van der Waals surface area contributed by atoms with Gasteiger partial charge in [0, 0.05) is 5.54 Å². The Kier molecular flexibility index (Phi) is 10.9. The number of aromatic amines is 1. The zero-order valence-electron chi connectivity index (χ0n) is 32.2. The molecule has 14 heteroatoms. The molecule has 0 aliphatic carbocycles. The number of aliphatic hydroxyl groups is 2. The lowest BCUT2D eigenvalue weighted by atomic mass is 9.80. The summed E-state index contributed by atoms with van der Waals surface area (Å²) in [7, 11) is 3.16. The molecule has 4 N–H and O–H groups in total. The Hall–Kier alpha value is -6.06. The summed E-state index contributed by atoms with van der Waals surface area (Å²) >= 11 is 0. The smallest absolute Gasteiger partial charge is 0.280 e. The molecular formula is C43H45N5O9. The highest BCUT2D eigenvalue weighted by molar-refractivity contribution is 5.89. The fraction of sp³-hybridized carbons (Fsp3) is 0.302. The van der Waals surface area contributed by atoms with Crippen LogP contribution in [0.15, 0.2) is 120 Å². The van der Waals surface area contributed by atoms with E-state index in [2.05, 4.69) is 20.3 Å². The molecule has 1 aliphatic rings. The van der Waals surface area contributed by atoms with Gasteiger partial charge in [0.05, 0.1) is 20.8 Å². The molecule has 1 fully saturated rings. The second-order valence-electron chi connectivity index (χ2n) is 14.7. The Morgan fingerprint density at radius 2 is 1.40 bits per heavy atom. The van der Waals surface area contributed by atoms with Gasteiger partial charge >= 0.3 is 0 Å². The number of carbonyl (C=O) groups excluding carboxylic acids is 1. The van der Waals surface area contributed by atoms with E-state index in [1.54, 1.807) is 44.6 Å². The second-order valence-corrected chi connectivity index (χ2v) is 14.7. The van der Waals surface area contributed by atoms with Gasteiger partial charge in [0.15, 0.2) is 17.8 Å². The molecule has 0 bridgehead atoms. The first kappa shape index (κ1) is 39.2. The number of para-hydroxylation sites is 1. The summed E-state index contributed by atoms with van der Waals surface area (Å²) in [5.74, 6) is 0.989. The molecule has 57 heavy (non-hydrogen) atoms. The molecular weight excluding hydrogens is 730 g/mol. The molecule has 0 unspecified atom stereocenters. The maximum Gasteiger partial charge on any atom is 0.280 e. The molecule has 4 aromatic carbocycles. The van der Waals surface area contributed by atoms with Gasteiger partial charge < -0.3 is 39.2 Å². The van der Waals surface area contributed by atoms with E-state index in [0.717, 1.165) is 5.56 Å². The van der Waals surface area contributed by atoms with Crippen LogP contribution in [-0.2, 0) is 25.6 Å². The number of nitrogens with zero attached hydrogens (tertiary/aromatic N) is 3. The standard InChI is InChI=1S/C43H45N5O9/c1-41(2,3)47-40-45-38-35(39(52)46-40)44-26-48(38)43(34(49)25-55-32-14-10-7-11-15-32)37(51)36(50)33(57-43)24-56-42(27-12-8-6-9-13-27,28-16-20-30(53-4)21-17-28)29-18-22-31(54-5)23-19-29/h6-23,26,33,36-37,50-51H,24-25H2,1-5H3,(H2,45,46,47,52)/t33-,36-,37-,43-/m1/s1. The predicted molar refractivity (Wildman–Crippen MR) is 212 cm³/mol. The van der Waals surface area contributed by atoms with Crippen molar-refractivity contribution in [3.8, 4) is 17.2 Å². The quantitative estimate of drug-likeness (QED) is 0.112. The van der Waals surface area contributed by atoms with Crippen molar-refractivity contribution in [3.63, 3.8) is 0 Å². The zero-order chi connectivity index (χ0) is 40.4. The normalized spacial score (nSPS) is 19.7. The molecule has 7 rings (SSSR count). The molecule has 0 spiro atoms. The van der Waals surface area contributed by atoms with Crippen molar-refractivity contribution in [3.05, 3.63) is 143 Å². The molecule has 0 amide bonds. The Labute approximate surface area is 329 Å². The van der Waals surface area contributed by atoms with Crippen LogP contribution in [0.4, 0.5) is 5.95 Å². The van der Waals surface area contributed by atoms with Crippen molar-refractivity contribution in [1.29, 1.82) is 0 Å². The van der Waals surface area contributed by atoms with Crippen LogP contribution >= 0.6 is 0 Å². The number of anilines is 1. The van der Waals surface area contributed by atoms with E-state index in [4.69, 9.17) is 23.7 Å². The molecule has 0 saturated carbocycles. The maximum absolute atomic E-state index is 14.6. The Bertz CT molecular complexity index is 2310. The molecule has 0 radical (unpaired) electrons. The van der Waals surface area contributed by atoms with Crippen LogP contribution in [-0.4, -0.2) is 86.8 Å². The number of aliphatic hydroxyl groups excluding tert-OH is 2. The van der Waals surface area contributed by atoms with E-state index in [0.29, 0.717) is 28.4 Å². The van der Waals surface area contributed by atoms with E-state index in [1.807, 2.05) is 99.6 Å². The van der Waals surface area contributed by atoms with Crippen LogP contribution in [0, 0.1) is 0 Å².